The molecule has 0 atom stereocenters. The van der Waals surface area contributed by atoms with Crippen molar-refractivity contribution in [2.24, 2.45) is 0 Å². The van der Waals surface area contributed by atoms with E-state index in [1.165, 1.54) is 140 Å². The van der Waals surface area contributed by atoms with Gasteiger partial charge >= 0.3 is 0 Å². The first-order valence-corrected chi connectivity index (χ1v) is 17.9. The SMILES string of the molecule is C(Nc1ccc(-c2ccc(NC=C3CCCCC3)c(NC=C3CCCCC3)c2)cc1NC=C1CCCCC1)=C1CCCCC1. The van der Waals surface area contributed by atoms with Crippen LogP contribution in [0.25, 0.3) is 11.1 Å². The Labute approximate surface area is 266 Å². The van der Waals surface area contributed by atoms with Gasteiger partial charge in [0.05, 0.1) is 22.7 Å². The van der Waals surface area contributed by atoms with Gasteiger partial charge in [0.1, 0.15) is 0 Å². The smallest absolute Gasteiger partial charge is 0.0625 e. The number of hydrogen-bond acceptors (Lipinski definition) is 4. The normalized spacial score (nSPS) is 19.2. The van der Waals surface area contributed by atoms with Crippen LogP contribution in [0.5, 0.6) is 0 Å². The molecule has 6 rings (SSSR count). The first-order valence-electron chi connectivity index (χ1n) is 17.9. The van der Waals surface area contributed by atoms with Crippen LogP contribution in [0.1, 0.15) is 128 Å². The quantitative estimate of drug-likeness (QED) is 0.235. The molecule has 44 heavy (non-hydrogen) atoms. The molecule has 2 aromatic carbocycles. The fourth-order valence-corrected chi connectivity index (χ4v) is 7.26. The second kappa shape index (κ2) is 16.1. The van der Waals surface area contributed by atoms with Crippen LogP contribution in [-0.2, 0) is 0 Å². The molecule has 4 N–H and O–H groups in total. The van der Waals surface area contributed by atoms with Crippen molar-refractivity contribution in [3.63, 3.8) is 0 Å². The summed E-state index contributed by atoms with van der Waals surface area (Å²) in [5, 5.41) is 14.8. The molecule has 2 aromatic rings. The highest BCUT2D eigenvalue weighted by molar-refractivity contribution is 5.83. The van der Waals surface area contributed by atoms with Crippen molar-refractivity contribution in [1.29, 1.82) is 0 Å². The van der Waals surface area contributed by atoms with Gasteiger partial charge in [-0.2, -0.15) is 0 Å². The molecular weight excluding hydrogens is 536 g/mol. The maximum absolute atomic E-state index is 3.73. The minimum Gasteiger partial charge on any atom is -0.360 e. The average molecular weight is 591 g/mol. The molecule has 4 saturated carbocycles. The van der Waals surface area contributed by atoms with Gasteiger partial charge in [0.15, 0.2) is 0 Å². The standard InChI is InChI=1S/C40H54N4/c1-5-13-31(14-6-1)27-41-37-23-21-35(25-39(37)43-29-33-17-9-3-10-18-33)36-22-24-38(42-28-32-15-7-2-8-16-32)40(26-36)44-30-34-19-11-4-12-20-34/h21-30,41-44H,1-20H2. The lowest BCUT2D eigenvalue weighted by molar-refractivity contribution is 0.598. The van der Waals surface area contributed by atoms with Crippen molar-refractivity contribution < 1.29 is 0 Å². The van der Waals surface area contributed by atoms with Crippen LogP contribution in [0.2, 0.25) is 0 Å². The lowest BCUT2D eigenvalue weighted by atomic mass is 9.95. The Balaban J connectivity index is 1.28. The number of rotatable bonds is 9. The van der Waals surface area contributed by atoms with E-state index in [0.717, 1.165) is 22.7 Å². The minimum atomic E-state index is 1.15. The summed E-state index contributed by atoms with van der Waals surface area (Å²) in [6.45, 7) is 0. The van der Waals surface area contributed by atoms with Gasteiger partial charge in [0.2, 0.25) is 0 Å². The average Bonchev–Trinajstić information content (AvgIpc) is 3.10. The van der Waals surface area contributed by atoms with Gasteiger partial charge < -0.3 is 21.3 Å². The van der Waals surface area contributed by atoms with E-state index in [1.54, 1.807) is 22.3 Å². The van der Waals surface area contributed by atoms with Gasteiger partial charge in [-0.1, -0.05) is 60.1 Å². The summed E-state index contributed by atoms with van der Waals surface area (Å²) in [6, 6.07) is 13.7. The summed E-state index contributed by atoms with van der Waals surface area (Å²) in [5.41, 5.74) is 13.2. The molecule has 0 saturated heterocycles. The molecule has 0 amide bonds. The zero-order valence-electron chi connectivity index (χ0n) is 26.9. The van der Waals surface area contributed by atoms with Crippen LogP contribution in [0.3, 0.4) is 0 Å². The van der Waals surface area contributed by atoms with Crippen LogP contribution in [0, 0.1) is 0 Å². The summed E-state index contributed by atoms with van der Waals surface area (Å²) in [6.07, 6.45) is 34.9. The maximum atomic E-state index is 3.73. The van der Waals surface area contributed by atoms with Crippen molar-refractivity contribution in [3.05, 3.63) is 83.5 Å². The third kappa shape index (κ3) is 8.83. The van der Waals surface area contributed by atoms with Crippen molar-refractivity contribution in [3.8, 4) is 11.1 Å². The molecule has 4 aliphatic carbocycles. The number of hydrogen-bond donors (Lipinski definition) is 4. The Kier molecular flexibility index (Phi) is 11.2. The van der Waals surface area contributed by atoms with E-state index in [4.69, 9.17) is 0 Å². The third-order valence-electron chi connectivity index (χ3n) is 10.1. The van der Waals surface area contributed by atoms with Gasteiger partial charge in [0.25, 0.3) is 0 Å². The van der Waals surface area contributed by atoms with Crippen molar-refractivity contribution >= 4 is 22.7 Å². The fraction of sp³-hybridized carbons (Fsp3) is 0.500. The van der Waals surface area contributed by atoms with Crippen LogP contribution in [0.15, 0.2) is 83.5 Å². The Bertz CT molecular complexity index is 1240. The van der Waals surface area contributed by atoms with Crippen LogP contribution in [-0.4, -0.2) is 0 Å². The Hall–Kier alpha value is -3.40. The molecule has 4 nitrogen and oxygen atoms in total. The molecule has 4 fully saturated rings. The predicted octanol–water partition coefficient (Wildman–Crippen LogP) is 12.4. The van der Waals surface area contributed by atoms with E-state index in [0.29, 0.717) is 0 Å². The first kappa shape index (κ1) is 30.6. The maximum Gasteiger partial charge on any atom is 0.0625 e. The molecule has 0 unspecified atom stereocenters. The number of allylic oxidation sites excluding steroid dienone is 4. The fourth-order valence-electron chi connectivity index (χ4n) is 7.26. The second-order valence-corrected chi connectivity index (χ2v) is 13.6. The van der Waals surface area contributed by atoms with Gasteiger partial charge in [-0.15, -0.1) is 0 Å². The molecule has 0 heterocycles. The van der Waals surface area contributed by atoms with Crippen LogP contribution in [0.4, 0.5) is 22.7 Å². The highest BCUT2D eigenvalue weighted by atomic mass is 14.9. The molecule has 234 valence electrons. The van der Waals surface area contributed by atoms with E-state index in [-0.39, 0.29) is 0 Å². The van der Waals surface area contributed by atoms with Crippen molar-refractivity contribution in [1.82, 2.24) is 0 Å². The first-order chi connectivity index (χ1) is 21.8. The molecule has 0 spiro atoms. The summed E-state index contributed by atoms with van der Waals surface area (Å²) >= 11 is 0. The minimum absolute atomic E-state index is 1.15. The molecule has 4 heteroatoms. The van der Waals surface area contributed by atoms with E-state index in [9.17, 15) is 0 Å². The van der Waals surface area contributed by atoms with Crippen LogP contribution >= 0.6 is 0 Å². The molecule has 0 bridgehead atoms. The molecule has 0 aromatic heterocycles. The predicted molar refractivity (Wildman–Crippen MR) is 191 cm³/mol. The van der Waals surface area contributed by atoms with E-state index in [2.05, 4.69) is 82.5 Å². The summed E-state index contributed by atoms with van der Waals surface area (Å²) < 4.78 is 0. The largest absolute Gasteiger partial charge is 0.360 e. The highest BCUT2D eigenvalue weighted by Gasteiger charge is 2.12. The Morgan fingerprint density at radius 1 is 0.318 bits per heavy atom. The van der Waals surface area contributed by atoms with Gasteiger partial charge in [-0.3, -0.25) is 0 Å². The topological polar surface area (TPSA) is 48.1 Å². The number of nitrogens with one attached hydrogen (secondary N) is 4. The van der Waals surface area contributed by atoms with Crippen molar-refractivity contribution in [2.75, 3.05) is 21.3 Å². The summed E-state index contributed by atoms with van der Waals surface area (Å²) in [5.74, 6) is 0. The molecule has 4 aliphatic rings. The monoisotopic (exact) mass is 590 g/mol. The Morgan fingerprint density at radius 2 is 0.591 bits per heavy atom. The molecule has 0 radical (unpaired) electrons. The number of anilines is 4. The van der Waals surface area contributed by atoms with E-state index >= 15 is 0 Å². The second-order valence-electron chi connectivity index (χ2n) is 13.6. The lowest BCUT2D eigenvalue weighted by Crippen LogP contribution is -2.03. The number of benzene rings is 2. The van der Waals surface area contributed by atoms with Gasteiger partial charge in [0, 0.05) is 24.8 Å². The van der Waals surface area contributed by atoms with Gasteiger partial charge in [-0.05, 0) is 138 Å². The zero-order valence-corrected chi connectivity index (χ0v) is 26.9. The molecular formula is C40H54N4. The Morgan fingerprint density at radius 3 is 0.886 bits per heavy atom. The third-order valence-corrected chi connectivity index (χ3v) is 10.1. The zero-order chi connectivity index (χ0) is 29.8. The van der Waals surface area contributed by atoms with E-state index < -0.39 is 0 Å². The van der Waals surface area contributed by atoms with Gasteiger partial charge in [-0.25, -0.2) is 0 Å². The lowest BCUT2D eigenvalue weighted by Gasteiger charge is -2.19. The van der Waals surface area contributed by atoms with Crippen molar-refractivity contribution in [2.45, 2.75) is 128 Å². The van der Waals surface area contributed by atoms with Crippen LogP contribution < -0.4 is 21.3 Å². The van der Waals surface area contributed by atoms with E-state index in [1.807, 2.05) is 0 Å². The summed E-state index contributed by atoms with van der Waals surface area (Å²) in [4.78, 5) is 0. The highest BCUT2D eigenvalue weighted by Crippen LogP contribution is 2.35. The summed E-state index contributed by atoms with van der Waals surface area (Å²) in [7, 11) is 0. The molecule has 0 aliphatic heterocycles.